The van der Waals surface area contributed by atoms with Crippen molar-refractivity contribution in [1.82, 2.24) is 5.32 Å². The molecule has 0 radical (unpaired) electrons. The molecule has 0 saturated carbocycles. The second kappa shape index (κ2) is 11.5. The van der Waals surface area contributed by atoms with Gasteiger partial charge in [0.2, 0.25) is 0 Å². The molecule has 0 bridgehead atoms. The van der Waals surface area contributed by atoms with Crippen molar-refractivity contribution in [2.24, 2.45) is 5.92 Å². The van der Waals surface area contributed by atoms with Crippen molar-refractivity contribution in [1.29, 1.82) is 0 Å². The summed E-state index contributed by atoms with van der Waals surface area (Å²) in [6.07, 6.45) is 0.261. The molecular formula is C29H30N2O8. The molecule has 3 atom stereocenters. The molecule has 4 rings (SSSR count). The maximum absolute atomic E-state index is 14.3. The zero-order valence-corrected chi connectivity index (χ0v) is 22.2. The Morgan fingerprint density at radius 1 is 1.05 bits per heavy atom. The van der Waals surface area contributed by atoms with Crippen LogP contribution in [-0.4, -0.2) is 43.0 Å². The number of dihydropyridines is 1. The number of rotatable bonds is 8. The Hall–Kier alpha value is -4.47. The number of carbonyl (C=O) groups excluding carboxylic acids is 3. The highest BCUT2D eigenvalue weighted by Gasteiger charge is 2.49. The predicted octanol–water partition coefficient (Wildman–Crippen LogP) is 4.32. The van der Waals surface area contributed by atoms with Crippen molar-refractivity contribution in [2.75, 3.05) is 20.3 Å². The molecule has 1 aliphatic carbocycles. The number of benzene rings is 2. The van der Waals surface area contributed by atoms with E-state index >= 15 is 0 Å². The first-order chi connectivity index (χ1) is 18.7. The molecular weight excluding hydrogens is 504 g/mol. The highest BCUT2D eigenvalue weighted by Crippen LogP contribution is 2.48. The number of hydrogen-bond donors (Lipinski definition) is 1. The van der Waals surface area contributed by atoms with Gasteiger partial charge in [0, 0.05) is 40.9 Å². The molecule has 0 unspecified atom stereocenters. The molecule has 2 aliphatic rings. The van der Waals surface area contributed by atoms with Gasteiger partial charge in [-0.1, -0.05) is 24.3 Å². The standard InChI is InChI=1S/C29H30N2O8/c1-5-38-28(33)23-16(3)30-22-15-21(17-9-8-12-20(14-17)37-4)25(29(34)39-6-2)27(32)26(22)24(23)18-10-7-11-19(13-18)31(35)36/h7-14,21,24-25,30H,5-6,15H2,1-4H3/t21-,24-,25+/m1/s1. The quantitative estimate of drug-likeness (QED) is 0.227. The number of allylic oxidation sites excluding steroid dienone is 3. The highest BCUT2D eigenvalue weighted by molar-refractivity contribution is 6.13. The number of nitro benzene ring substituents is 1. The van der Waals surface area contributed by atoms with Crippen LogP contribution < -0.4 is 10.1 Å². The maximum atomic E-state index is 14.3. The van der Waals surface area contributed by atoms with Gasteiger partial charge < -0.3 is 19.5 Å². The predicted molar refractivity (Wildman–Crippen MR) is 141 cm³/mol. The second-order valence-corrected chi connectivity index (χ2v) is 9.24. The van der Waals surface area contributed by atoms with E-state index in [1.165, 1.54) is 25.3 Å². The van der Waals surface area contributed by atoms with E-state index in [4.69, 9.17) is 14.2 Å². The average Bonchev–Trinajstić information content (AvgIpc) is 2.92. The lowest BCUT2D eigenvalue weighted by atomic mass is 9.67. The minimum atomic E-state index is -1.19. The lowest BCUT2D eigenvalue weighted by Gasteiger charge is -2.39. The Kier molecular flexibility index (Phi) is 8.13. The van der Waals surface area contributed by atoms with Crippen molar-refractivity contribution in [3.05, 3.63) is 92.3 Å². The number of nitrogens with one attached hydrogen (secondary N) is 1. The van der Waals surface area contributed by atoms with Crippen molar-refractivity contribution in [2.45, 2.75) is 39.0 Å². The molecule has 39 heavy (non-hydrogen) atoms. The number of ketones is 1. The van der Waals surface area contributed by atoms with Crippen molar-refractivity contribution in [3.63, 3.8) is 0 Å². The lowest BCUT2D eigenvalue weighted by molar-refractivity contribution is -0.384. The summed E-state index contributed by atoms with van der Waals surface area (Å²) >= 11 is 0. The van der Waals surface area contributed by atoms with Crippen LogP contribution in [0.25, 0.3) is 0 Å². The molecule has 0 spiro atoms. The fourth-order valence-electron chi connectivity index (χ4n) is 5.35. The summed E-state index contributed by atoms with van der Waals surface area (Å²) in [6, 6.07) is 13.0. The van der Waals surface area contributed by atoms with Gasteiger partial charge in [-0.2, -0.15) is 0 Å². The number of Topliss-reactive ketones (excluding diaryl/α,β-unsaturated/α-hetero) is 1. The first-order valence-electron chi connectivity index (χ1n) is 12.7. The molecule has 0 amide bonds. The molecule has 0 saturated heterocycles. The normalized spacial score (nSPS) is 20.6. The molecule has 10 nitrogen and oxygen atoms in total. The first kappa shape index (κ1) is 27.6. The molecule has 0 aromatic heterocycles. The topological polar surface area (TPSA) is 134 Å². The van der Waals surface area contributed by atoms with Gasteiger partial charge in [0.05, 0.1) is 30.8 Å². The smallest absolute Gasteiger partial charge is 0.336 e. The molecule has 2 aromatic rings. The van der Waals surface area contributed by atoms with Crippen LogP contribution in [0.15, 0.2) is 71.1 Å². The zero-order valence-electron chi connectivity index (χ0n) is 22.2. The molecule has 1 aliphatic heterocycles. The highest BCUT2D eigenvalue weighted by atomic mass is 16.6. The van der Waals surface area contributed by atoms with Gasteiger partial charge in [-0.25, -0.2) is 4.79 Å². The number of methoxy groups -OCH3 is 1. The van der Waals surface area contributed by atoms with Crippen LogP contribution in [0.3, 0.4) is 0 Å². The third kappa shape index (κ3) is 5.27. The van der Waals surface area contributed by atoms with E-state index in [9.17, 15) is 24.5 Å². The number of non-ortho nitro benzene ring substituents is 1. The van der Waals surface area contributed by atoms with Gasteiger partial charge in [-0.3, -0.25) is 19.7 Å². The minimum Gasteiger partial charge on any atom is -0.497 e. The Bertz CT molecular complexity index is 1390. The fourth-order valence-corrected chi connectivity index (χ4v) is 5.35. The molecule has 0 fully saturated rings. The molecule has 1 N–H and O–H groups in total. The third-order valence-electron chi connectivity index (χ3n) is 6.99. The average molecular weight is 535 g/mol. The summed E-state index contributed by atoms with van der Waals surface area (Å²) in [5.74, 6) is -4.00. The largest absolute Gasteiger partial charge is 0.497 e. The summed E-state index contributed by atoms with van der Waals surface area (Å²) in [7, 11) is 1.53. The Morgan fingerprint density at radius 3 is 2.41 bits per heavy atom. The van der Waals surface area contributed by atoms with Crippen LogP contribution in [-0.2, 0) is 23.9 Å². The van der Waals surface area contributed by atoms with E-state index in [0.717, 1.165) is 5.56 Å². The Morgan fingerprint density at radius 2 is 1.74 bits per heavy atom. The summed E-state index contributed by atoms with van der Waals surface area (Å²) in [5, 5.41) is 14.8. The molecule has 2 aromatic carbocycles. The van der Waals surface area contributed by atoms with E-state index in [1.807, 2.05) is 6.07 Å². The lowest BCUT2D eigenvalue weighted by Crippen LogP contribution is -2.43. The first-order valence-corrected chi connectivity index (χ1v) is 12.7. The number of hydrogen-bond acceptors (Lipinski definition) is 9. The van der Waals surface area contributed by atoms with Gasteiger partial charge in [-0.05, 0) is 50.5 Å². The second-order valence-electron chi connectivity index (χ2n) is 9.24. The van der Waals surface area contributed by atoms with Gasteiger partial charge >= 0.3 is 11.9 Å². The molecule has 204 valence electrons. The number of nitro groups is 1. The molecule has 10 heteroatoms. The van der Waals surface area contributed by atoms with Crippen LogP contribution >= 0.6 is 0 Å². The minimum absolute atomic E-state index is 0.0823. The van der Waals surface area contributed by atoms with E-state index in [0.29, 0.717) is 22.7 Å². The van der Waals surface area contributed by atoms with E-state index < -0.39 is 40.4 Å². The van der Waals surface area contributed by atoms with Crippen LogP contribution in [0.5, 0.6) is 5.75 Å². The van der Waals surface area contributed by atoms with Crippen LogP contribution in [0, 0.1) is 16.0 Å². The Labute approximate surface area is 225 Å². The fraction of sp³-hybridized carbons (Fsp3) is 0.345. The van der Waals surface area contributed by atoms with E-state index in [-0.39, 0.29) is 36.5 Å². The number of ether oxygens (including phenoxy) is 3. The van der Waals surface area contributed by atoms with Crippen LogP contribution in [0.2, 0.25) is 0 Å². The van der Waals surface area contributed by atoms with Gasteiger partial charge in [0.1, 0.15) is 11.7 Å². The summed E-state index contributed by atoms with van der Waals surface area (Å²) < 4.78 is 16.0. The number of nitrogens with zero attached hydrogens (tertiary/aromatic N) is 1. The van der Waals surface area contributed by atoms with Crippen molar-refractivity contribution >= 4 is 23.4 Å². The van der Waals surface area contributed by atoms with E-state index in [2.05, 4.69) is 5.32 Å². The van der Waals surface area contributed by atoms with Gasteiger partial charge in [-0.15, -0.1) is 0 Å². The number of carbonyl (C=O) groups is 3. The SMILES string of the molecule is CCOC(=O)C1=C(C)NC2=C(C(=O)[C@@H](C(=O)OCC)[C@@H](c3cccc(OC)c3)C2)[C@@H]1c1cccc([N+](=O)[O-])c1. The monoisotopic (exact) mass is 534 g/mol. The van der Waals surface area contributed by atoms with Crippen molar-refractivity contribution in [3.8, 4) is 5.75 Å². The third-order valence-corrected chi connectivity index (χ3v) is 6.99. The maximum Gasteiger partial charge on any atom is 0.336 e. The van der Waals surface area contributed by atoms with Crippen molar-refractivity contribution < 1.29 is 33.5 Å². The van der Waals surface area contributed by atoms with Gasteiger partial charge in [0.25, 0.3) is 5.69 Å². The summed E-state index contributed by atoms with van der Waals surface area (Å²) in [5.41, 5.74) is 2.27. The zero-order chi connectivity index (χ0) is 28.3. The Balaban J connectivity index is 1.93. The van der Waals surface area contributed by atoms with Crippen LogP contribution in [0.1, 0.15) is 50.2 Å². The van der Waals surface area contributed by atoms with Crippen LogP contribution in [0.4, 0.5) is 5.69 Å². The van der Waals surface area contributed by atoms with Gasteiger partial charge in [0.15, 0.2) is 5.78 Å². The van der Waals surface area contributed by atoms with E-state index in [1.54, 1.807) is 45.0 Å². The summed E-state index contributed by atoms with van der Waals surface area (Å²) in [6.45, 7) is 5.20. The molecule has 1 heterocycles. The number of esters is 2. The summed E-state index contributed by atoms with van der Waals surface area (Å²) in [4.78, 5) is 51.8.